The molecule has 0 amide bonds. The topological polar surface area (TPSA) is 46.8 Å². The lowest BCUT2D eigenvalue weighted by Gasteiger charge is -2.05. The molecular weight excluding hydrogens is 264 g/mol. The molecule has 2 aromatic heterocycles. The normalized spacial score (nSPS) is 10.7. The molecule has 3 aromatic rings. The van der Waals surface area contributed by atoms with Gasteiger partial charge in [0.1, 0.15) is 12.4 Å². The molecule has 2 heterocycles. The van der Waals surface area contributed by atoms with Crippen molar-refractivity contribution in [1.29, 1.82) is 0 Å². The molecule has 0 aliphatic rings. The van der Waals surface area contributed by atoms with Crippen molar-refractivity contribution in [2.24, 2.45) is 0 Å². The molecule has 4 nitrogen and oxygen atoms in total. The van der Waals surface area contributed by atoms with E-state index in [9.17, 15) is 5.11 Å². The van der Waals surface area contributed by atoms with E-state index in [1.165, 1.54) is 0 Å². The number of hydrogen-bond donors (Lipinski definition) is 1. The molecule has 1 N–H and O–H groups in total. The number of aromatic nitrogens is 2. The zero-order valence-electron chi connectivity index (χ0n) is 11.8. The van der Waals surface area contributed by atoms with E-state index in [-0.39, 0.29) is 5.75 Å². The largest absolute Gasteiger partial charge is 0.504 e. The maximum atomic E-state index is 9.79. The summed E-state index contributed by atoms with van der Waals surface area (Å²) in [6.45, 7) is 6.25. The van der Waals surface area contributed by atoms with E-state index in [2.05, 4.69) is 11.6 Å². The van der Waals surface area contributed by atoms with Crippen molar-refractivity contribution in [3.05, 3.63) is 60.9 Å². The van der Waals surface area contributed by atoms with E-state index in [0.717, 1.165) is 22.6 Å². The smallest absolute Gasteiger partial charge is 0.180 e. The van der Waals surface area contributed by atoms with Crippen molar-refractivity contribution >= 4 is 5.65 Å². The maximum Gasteiger partial charge on any atom is 0.180 e. The monoisotopic (exact) mass is 280 g/mol. The Morgan fingerprint density at radius 2 is 2.05 bits per heavy atom. The van der Waals surface area contributed by atoms with Gasteiger partial charge in [-0.15, -0.1) is 0 Å². The SMILES string of the molecule is C=C(C)COc1ccc(-c2cn3cccc(O)c3n2)cc1. The summed E-state index contributed by atoms with van der Waals surface area (Å²) < 4.78 is 7.37. The molecule has 3 rings (SSSR count). The second-order valence-corrected chi connectivity index (χ2v) is 5.02. The van der Waals surface area contributed by atoms with Gasteiger partial charge < -0.3 is 14.2 Å². The van der Waals surface area contributed by atoms with Gasteiger partial charge in [-0.2, -0.15) is 0 Å². The highest BCUT2D eigenvalue weighted by molar-refractivity contribution is 5.66. The summed E-state index contributed by atoms with van der Waals surface area (Å²) in [5.41, 5.74) is 3.31. The van der Waals surface area contributed by atoms with E-state index in [1.807, 2.05) is 43.6 Å². The predicted octanol–water partition coefficient (Wildman–Crippen LogP) is 3.66. The molecule has 0 radical (unpaired) electrons. The van der Waals surface area contributed by atoms with Gasteiger partial charge in [-0.1, -0.05) is 6.58 Å². The lowest BCUT2D eigenvalue weighted by atomic mass is 10.1. The molecule has 0 bridgehead atoms. The van der Waals surface area contributed by atoms with Crippen molar-refractivity contribution in [2.75, 3.05) is 6.61 Å². The summed E-state index contributed by atoms with van der Waals surface area (Å²) in [5.74, 6) is 0.971. The lowest BCUT2D eigenvalue weighted by molar-refractivity contribution is 0.353. The first-order valence-corrected chi connectivity index (χ1v) is 6.68. The molecule has 0 fully saturated rings. The second kappa shape index (κ2) is 5.32. The molecule has 106 valence electrons. The van der Waals surface area contributed by atoms with Crippen molar-refractivity contribution in [1.82, 2.24) is 9.38 Å². The fraction of sp³-hybridized carbons (Fsp3) is 0.118. The lowest BCUT2D eigenvalue weighted by Crippen LogP contribution is -1.97. The van der Waals surface area contributed by atoms with Crippen LogP contribution in [0.4, 0.5) is 0 Å². The van der Waals surface area contributed by atoms with Crippen molar-refractivity contribution in [3.63, 3.8) is 0 Å². The third-order valence-corrected chi connectivity index (χ3v) is 3.10. The molecule has 0 saturated carbocycles. The fourth-order valence-corrected chi connectivity index (χ4v) is 2.07. The van der Waals surface area contributed by atoms with Gasteiger partial charge in [-0.05, 0) is 48.9 Å². The van der Waals surface area contributed by atoms with Gasteiger partial charge in [-0.25, -0.2) is 4.98 Å². The zero-order valence-corrected chi connectivity index (χ0v) is 11.8. The van der Waals surface area contributed by atoms with Crippen LogP contribution in [0.5, 0.6) is 11.5 Å². The molecule has 0 aliphatic carbocycles. The number of ether oxygens (including phenoxy) is 1. The summed E-state index contributed by atoms with van der Waals surface area (Å²) in [6, 6.07) is 11.1. The van der Waals surface area contributed by atoms with Crippen LogP contribution in [0.2, 0.25) is 0 Å². The minimum absolute atomic E-state index is 0.171. The summed E-state index contributed by atoms with van der Waals surface area (Å²) in [4.78, 5) is 4.44. The highest BCUT2D eigenvalue weighted by atomic mass is 16.5. The van der Waals surface area contributed by atoms with E-state index >= 15 is 0 Å². The first-order valence-electron chi connectivity index (χ1n) is 6.68. The van der Waals surface area contributed by atoms with Gasteiger partial charge in [0, 0.05) is 18.0 Å². The van der Waals surface area contributed by atoms with Gasteiger partial charge in [0.05, 0.1) is 5.69 Å². The summed E-state index contributed by atoms with van der Waals surface area (Å²) >= 11 is 0. The summed E-state index contributed by atoms with van der Waals surface area (Å²) in [5, 5.41) is 9.79. The number of rotatable bonds is 4. The number of hydrogen-bond acceptors (Lipinski definition) is 3. The molecule has 21 heavy (non-hydrogen) atoms. The number of benzene rings is 1. The minimum atomic E-state index is 0.171. The third kappa shape index (κ3) is 2.74. The van der Waals surface area contributed by atoms with Gasteiger partial charge in [0.25, 0.3) is 0 Å². The Kier molecular flexibility index (Phi) is 3.36. The average molecular weight is 280 g/mol. The Balaban J connectivity index is 1.88. The van der Waals surface area contributed by atoms with E-state index in [4.69, 9.17) is 4.74 Å². The van der Waals surface area contributed by atoms with E-state index in [0.29, 0.717) is 12.3 Å². The average Bonchev–Trinajstić information content (AvgIpc) is 2.91. The number of aromatic hydroxyl groups is 1. The minimum Gasteiger partial charge on any atom is -0.504 e. The van der Waals surface area contributed by atoms with Crippen LogP contribution >= 0.6 is 0 Å². The molecule has 0 unspecified atom stereocenters. The van der Waals surface area contributed by atoms with Crippen LogP contribution in [0.15, 0.2) is 60.9 Å². The Labute approximate surface area is 123 Å². The number of pyridine rings is 1. The van der Waals surface area contributed by atoms with Crippen LogP contribution in [-0.4, -0.2) is 21.1 Å². The predicted molar refractivity (Wildman–Crippen MR) is 82.6 cm³/mol. The van der Waals surface area contributed by atoms with Gasteiger partial charge in [-0.3, -0.25) is 0 Å². The quantitative estimate of drug-likeness (QED) is 0.742. The molecule has 0 saturated heterocycles. The van der Waals surface area contributed by atoms with E-state index in [1.54, 1.807) is 16.5 Å². The van der Waals surface area contributed by atoms with Crippen LogP contribution < -0.4 is 4.74 Å². The Morgan fingerprint density at radius 3 is 2.71 bits per heavy atom. The van der Waals surface area contributed by atoms with Crippen LogP contribution in [0.1, 0.15) is 6.92 Å². The van der Waals surface area contributed by atoms with Crippen LogP contribution in [0.25, 0.3) is 16.9 Å². The molecule has 0 aliphatic heterocycles. The molecule has 0 spiro atoms. The highest BCUT2D eigenvalue weighted by Gasteiger charge is 2.07. The number of imidazole rings is 1. The summed E-state index contributed by atoms with van der Waals surface area (Å²) in [7, 11) is 0. The van der Waals surface area contributed by atoms with Crippen LogP contribution in [0, 0.1) is 0 Å². The molecular formula is C17H16N2O2. The van der Waals surface area contributed by atoms with Gasteiger partial charge >= 0.3 is 0 Å². The maximum absolute atomic E-state index is 9.79. The molecule has 1 aromatic carbocycles. The summed E-state index contributed by atoms with van der Waals surface area (Å²) in [6.07, 6.45) is 3.74. The van der Waals surface area contributed by atoms with Crippen LogP contribution in [0.3, 0.4) is 0 Å². The number of fused-ring (bicyclic) bond motifs is 1. The Bertz CT molecular complexity index is 788. The van der Waals surface area contributed by atoms with E-state index < -0.39 is 0 Å². The number of nitrogens with zero attached hydrogens (tertiary/aromatic N) is 2. The Hall–Kier alpha value is -2.75. The van der Waals surface area contributed by atoms with Crippen molar-refractivity contribution in [2.45, 2.75) is 6.92 Å². The van der Waals surface area contributed by atoms with Crippen molar-refractivity contribution < 1.29 is 9.84 Å². The molecule has 0 atom stereocenters. The highest BCUT2D eigenvalue weighted by Crippen LogP contribution is 2.25. The van der Waals surface area contributed by atoms with Gasteiger partial charge in [0.15, 0.2) is 11.4 Å². The van der Waals surface area contributed by atoms with Crippen molar-refractivity contribution in [3.8, 4) is 22.8 Å². The third-order valence-electron chi connectivity index (χ3n) is 3.10. The Morgan fingerprint density at radius 1 is 1.29 bits per heavy atom. The first-order chi connectivity index (χ1) is 10.1. The van der Waals surface area contributed by atoms with Crippen LogP contribution in [-0.2, 0) is 0 Å². The first kappa shape index (κ1) is 13.2. The second-order valence-electron chi connectivity index (χ2n) is 5.02. The fourth-order valence-electron chi connectivity index (χ4n) is 2.07. The zero-order chi connectivity index (χ0) is 14.8. The van der Waals surface area contributed by atoms with Gasteiger partial charge in [0.2, 0.25) is 0 Å². The molecule has 4 heteroatoms. The standard InChI is InChI=1S/C17H16N2O2/c1-12(2)11-21-14-7-5-13(6-8-14)15-10-19-9-3-4-16(20)17(19)18-15/h3-10,20H,1,11H2,2H3.